The molecule has 2 aromatic carbocycles. The van der Waals surface area contributed by atoms with Crippen LogP contribution in [0.4, 0.5) is 0 Å². The van der Waals surface area contributed by atoms with Crippen molar-refractivity contribution >= 4 is 29.1 Å². The summed E-state index contributed by atoms with van der Waals surface area (Å²) in [5.41, 5.74) is 2.57. The molecule has 0 aliphatic carbocycles. The van der Waals surface area contributed by atoms with E-state index < -0.39 is 0 Å². The first kappa shape index (κ1) is 25.5. The summed E-state index contributed by atoms with van der Waals surface area (Å²) in [7, 11) is 0. The summed E-state index contributed by atoms with van der Waals surface area (Å²) in [4.78, 5) is 15.7. The Hall–Kier alpha value is -1.55. The SMILES string of the molecule is CC(C)(C)[C@H]1CC(C(c2ccc(Cl)cc2)c2ccc(Cl)cc2)CCN1C(=O)CC1CCNCC1. The number of hydrogen-bond donors (Lipinski definition) is 1. The third-order valence-electron chi connectivity index (χ3n) is 7.81. The Morgan fingerprint density at radius 1 is 0.941 bits per heavy atom. The molecule has 34 heavy (non-hydrogen) atoms. The Kier molecular flexibility index (Phi) is 8.28. The van der Waals surface area contributed by atoms with Crippen LogP contribution in [-0.2, 0) is 4.79 Å². The number of hydrogen-bond acceptors (Lipinski definition) is 2. The standard InChI is InChI=1S/C29H38Cl2N2O/c1-29(2,3)26-19-23(14-17-33(26)27(34)18-20-12-15-32-16-13-20)28(21-4-8-24(30)9-5-21)22-6-10-25(31)11-7-22/h4-11,20,23,26,28,32H,12-19H2,1-3H3/t23?,26-/m1/s1. The molecule has 0 saturated carbocycles. The van der Waals surface area contributed by atoms with Crippen molar-refractivity contribution in [1.82, 2.24) is 10.2 Å². The van der Waals surface area contributed by atoms with Gasteiger partial charge in [-0.1, -0.05) is 68.2 Å². The van der Waals surface area contributed by atoms with Crippen LogP contribution in [0.3, 0.4) is 0 Å². The molecule has 2 atom stereocenters. The van der Waals surface area contributed by atoms with Crippen molar-refractivity contribution in [3.63, 3.8) is 0 Å². The fraction of sp³-hybridized carbons (Fsp3) is 0.552. The Labute approximate surface area is 215 Å². The Morgan fingerprint density at radius 2 is 1.47 bits per heavy atom. The average Bonchev–Trinajstić information content (AvgIpc) is 2.82. The predicted molar refractivity (Wildman–Crippen MR) is 143 cm³/mol. The number of amides is 1. The van der Waals surface area contributed by atoms with Gasteiger partial charge in [-0.15, -0.1) is 0 Å². The fourth-order valence-electron chi connectivity index (χ4n) is 5.94. The van der Waals surface area contributed by atoms with Gasteiger partial charge >= 0.3 is 0 Å². The molecule has 1 amide bonds. The molecule has 1 N–H and O–H groups in total. The predicted octanol–water partition coefficient (Wildman–Crippen LogP) is 7.17. The van der Waals surface area contributed by atoms with Gasteiger partial charge in [0.05, 0.1) is 0 Å². The van der Waals surface area contributed by atoms with Crippen LogP contribution in [0.25, 0.3) is 0 Å². The van der Waals surface area contributed by atoms with Crippen molar-refractivity contribution in [2.45, 2.75) is 64.8 Å². The molecule has 2 aromatic rings. The van der Waals surface area contributed by atoms with Crippen molar-refractivity contribution in [3.8, 4) is 0 Å². The van der Waals surface area contributed by atoms with Gasteiger partial charge in [0.2, 0.25) is 5.91 Å². The topological polar surface area (TPSA) is 32.3 Å². The van der Waals surface area contributed by atoms with E-state index in [2.05, 4.69) is 55.3 Å². The van der Waals surface area contributed by atoms with E-state index in [1.165, 1.54) is 11.1 Å². The average molecular weight is 502 g/mol. The van der Waals surface area contributed by atoms with Gasteiger partial charge in [0.15, 0.2) is 0 Å². The highest BCUT2D eigenvalue weighted by atomic mass is 35.5. The zero-order chi connectivity index (χ0) is 24.3. The highest BCUT2D eigenvalue weighted by Gasteiger charge is 2.41. The highest BCUT2D eigenvalue weighted by Crippen LogP contribution is 2.44. The van der Waals surface area contributed by atoms with E-state index in [1.807, 2.05) is 24.3 Å². The fourth-order valence-corrected chi connectivity index (χ4v) is 6.19. The molecule has 1 unspecified atom stereocenters. The Morgan fingerprint density at radius 3 is 1.97 bits per heavy atom. The van der Waals surface area contributed by atoms with Gasteiger partial charge in [-0.25, -0.2) is 0 Å². The molecule has 2 aliphatic heterocycles. The van der Waals surface area contributed by atoms with Crippen LogP contribution >= 0.6 is 23.2 Å². The number of halogens is 2. The number of benzene rings is 2. The second-order valence-corrected chi connectivity index (χ2v) is 12.1. The molecule has 0 radical (unpaired) electrons. The lowest BCUT2D eigenvalue weighted by molar-refractivity contribution is -0.140. The zero-order valence-electron chi connectivity index (χ0n) is 20.7. The smallest absolute Gasteiger partial charge is 0.223 e. The summed E-state index contributed by atoms with van der Waals surface area (Å²) in [6.45, 7) is 9.74. The molecule has 4 rings (SSSR count). The van der Waals surface area contributed by atoms with Crippen molar-refractivity contribution in [1.29, 1.82) is 0 Å². The van der Waals surface area contributed by atoms with Crippen molar-refractivity contribution in [3.05, 3.63) is 69.7 Å². The van der Waals surface area contributed by atoms with E-state index in [9.17, 15) is 4.79 Å². The largest absolute Gasteiger partial charge is 0.339 e. The van der Waals surface area contributed by atoms with Gasteiger partial charge < -0.3 is 10.2 Å². The number of carbonyl (C=O) groups excluding carboxylic acids is 1. The zero-order valence-corrected chi connectivity index (χ0v) is 22.2. The van der Waals surface area contributed by atoms with Gasteiger partial charge in [0.25, 0.3) is 0 Å². The molecule has 3 nitrogen and oxygen atoms in total. The second-order valence-electron chi connectivity index (χ2n) is 11.2. The monoisotopic (exact) mass is 500 g/mol. The minimum absolute atomic E-state index is 0.0208. The van der Waals surface area contributed by atoms with Crippen molar-refractivity contribution in [2.24, 2.45) is 17.3 Å². The summed E-state index contributed by atoms with van der Waals surface area (Å²) in [6, 6.07) is 16.8. The van der Waals surface area contributed by atoms with Gasteiger partial charge in [-0.3, -0.25) is 4.79 Å². The van der Waals surface area contributed by atoms with Crippen LogP contribution in [0.15, 0.2) is 48.5 Å². The summed E-state index contributed by atoms with van der Waals surface area (Å²) < 4.78 is 0. The molecule has 2 aliphatic rings. The first-order chi connectivity index (χ1) is 16.2. The summed E-state index contributed by atoms with van der Waals surface area (Å²) in [6.07, 6.45) is 4.91. The summed E-state index contributed by atoms with van der Waals surface area (Å²) in [5.74, 6) is 1.55. The van der Waals surface area contributed by atoms with E-state index in [4.69, 9.17) is 23.2 Å². The minimum atomic E-state index is 0.0208. The normalized spacial score (nSPS) is 22.2. The van der Waals surface area contributed by atoms with E-state index in [-0.39, 0.29) is 17.4 Å². The number of carbonyl (C=O) groups is 1. The van der Waals surface area contributed by atoms with Crippen LogP contribution in [0, 0.1) is 17.3 Å². The number of likely N-dealkylation sites (tertiary alicyclic amines) is 1. The minimum Gasteiger partial charge on any atom is -0.339 e. The quantitative estimate of drug-likeness (QED) is 0.471. The van der Waals surface area contributed by atoms with E-state index in [0.717, 1.165) is 55.4 Å². The lowest BCUT2D eigenvalue weighted by Gasteiger charge is -2.48. The van der Waals surface area contributed by atoms with E-state index in [0.29, 0.717) is 24.2 Å². The Balaban J connectivity index is 1.59. The highest BCUT2D eigenvalue weighted by molar-refractivity contribution is 6.30. The number of piperidine rings is 2. The lowest BCUT2D eigenvalue weighted by atomic mass is 9.69. The molecule has 0 bridgehead atoms. The maximum atomic E-state index is 13.5. The molecular formula is C29H38Cl2N2O. The van der Waals surface area contributed by atoms with Gasteiger partial charge in [-0.05, 0) is 91.4 Å². The van der Waals surface area contributed by atoms with Crippen molar-refractivity contribution in [2.75, 3.05) is 19.6 Å². The third kappa shape index (κ3) is 6.17. The van der Waals surface area contributed by atoms with Gasteiger partial charge in [0, 0.05) is 35.0 Å². The van der Waals surface area contributed by atoms with Crippen molar-refractivity contribution < 1.29 is 4.79 Å². The maximum absolute atomic E-state index is 13.5. The van der Waals surface area contributed by atoms with Crippen LogP contribution in [0.2, 0.25) is 10.0 Å². The summed E-state index contributed by atoms with van der Waals surface area (Å²) in [5, 5.41) is 4.92. The first-order valence-electron chi connectivity index (χ1n) is 12.7. The third-order valence-corrected chi connectivity index (χ3v) is 8.32. The number of nitrogens with one attached hydrogen (secondary N) is 1. The molecule has 0 aromatic heterocycles. The number of rotatable bonds is 5. The Bertz CT molecular complexity index is 900. The molecule has 0 spiro atoms. The van der Waals surface area contributed by atoms with Crippen LogP contribution in [0.1, 0.15) is 69.9 Å². The van der Waals surface area contributed by atoms with E-state index >= 15 is 0 Å². The molecular weight excluding hydrogens is 463 g/mol. The lowest BCUT2D eigenvalue weighted by Crippen LogP contribution is -2.53. The second kappa shape index (κ2) is 11.0. The van der Waals surface area contributed by atoms with Crippen LogP contribution in [0.5, 0.6) is 0 Å². The van der Waals surface area contributed by atoms with Crippen LogP contribution in [-0.4, -0.2) is 36.5 Å². The van der Waals surface area contributed by atoms with Crippen LogP contribution < -0.4 is 5.32 Å². The molecule has 5 heteroatoms. The van der Waals surface area contributed by atoms with E-state index in [1.54, 1.807) is 0 Å². The molecule has 2 saturated heterocycles. The first-order valence-corrected chi connectivity index (χ1v) is 13.5. The molecule has 2 fully saturated rings. The molecule has 184 valence electrons. The number of nitrogens with zero attached hydrogens (tertiary/aromatic N) is 1. The van der Waals surface area contributed by atoms with Gasteiger partial charge in [-0.2, -0.15) is 0 Å². The maximum Gasteiger partial charge on any atom is 0.223 e. The summed E-state index contributed by atoms with van der Waals surface area (Å²) >= 11 is 12.4. The molecule has 2 heterocycles. The van der Waals surface area contributed by atoms with Gasteiger partial charge in [0.1, 0.15) is 0 Å².